The van der Waals surface area contributed by atoms with Crippen LogP contribution in [-0.4, -0.2) is 24.2 Å². The maximum atomic E-state index is 5.44. The van der Waals surface area contributed by atoms with Crippen LogP contribution in [0.5, 0.6) is 11.5 Å². The molecule has 2 aromatic carbocycles. The Morgan fingerprint density at radius 1 is 0.532 bits per heavy atom. The standard InChI is InChI=1S/C40H32N4O2.Ni/c1-5-7-29-31-17-21-35(41-31)39(25-9-13-27(45-3)14-10-25)37-23-19-33(43-37)30(8-6-2)34-20-24-38(44-34)40(36-22-18-32(29)42-36)26-11-15-28(46-4)16-12-26;/h5-6,9-24H,1-2,7-8H2,3-4H3;/q-2;+2. The summed E-state index contributed by atoms with van der Waals surface area (Å²) in [7, 11) is 3.34. The SMILES string of the molecule is C=CCc1c2nc(c(-c3ccc(OC)cc3)c3nc(c(CC=C)c4ccc([n-]4)c(-c4ccc(OC)cc4)c4ccc1[n-]4)C=C3)C=C2.[Ni+2]. The van der Waals surface area contributed by atoms with E-state index < -0.39 is 0 Å². The Morgan fingerprint density at radius 2 is 0.915 bits per heavy atom. The molecule has 0 radical (unpaired) electrons. The summed E-state index contributed by atoms with van der Waals surface area (Å²) in [6.07, 6.45) is 13.2. The summed E-state index contributed by atoms with van der Waals surface area (Å²) in [5.41, 5.74) is 12.6. The van der Waals surface area contributed by atoms with Crippen molar-refractivity contribution < 1.29 is 26.0 Å². The van der Waals surface area contributed by atoms with Crippen molar-refractivity contribution in [3.05, 3.63) is 132 Å². The molecule has 7 heteroatoms. The predicted molar refractivity (Wildman–Crippen MR) is 189 cm³/mol. The van der Waals surface area contributed by atoms with E-state index in [1.54, 1.807) is 14.2 Å². The quantitative estimate of drug-likeness (QED) is 0.120. The van der Waals surface area contributed by atoms with Gasteiger partial charge < -0.3 is 19.4 Å². The number of methoxy groups -OCH3 is 2. The topological polar surface area (TPSA) is 72.4 Å². The van der Waals surface area contributed by atoms with Gasteiger partial charge in [0.1, 0.15) is 11.5 Å². The van der Waals surface area contributed by atoms with Gasteiger partial charge in [0.25, 0.3) is 0 Å². The van der Waals surface area contributed by atoms with Crippen molar-refractivity contribution in [3.63, 3.8) is 0 Å². The van der Waals surface area contributed by atoms with Gasteiger partial charge in [0, 0.05) is 5.56 Å². The van der Waals surface area contributed by atoms with Crippen LogP contribution in [0, 0.1) is 0 Å². The molecule has 0 amide bonds. The van der Waals surface area contributed by atoms with Crippen LogP contribution >= 0.6 is 0 Å². The molecule has 8 bridgehead atoms. The molecule has 0 saturated heterocycles. The summed E-state index contributed by atoms with van der Waals surface area (Å²) in [5, 5.41) is 0. The van der Waals surface area contributed by atoms with Gasteiger partial charge in [0.05, 0.1) is 37.0 Å². The molecule has 47 heavy (non-hydrogen) atoms. The molecule has 2 aliphatic heterocycles. The van der Waals surface area contributed by atoms with Gasteiger partial charge >= 0.3 is 16.5 Å². The summed E-state index contributed by atoms with van der Waals surface area (Å²) in [6.45, 7) is 8.09. The van der Waals surface area contributed by atoms with Crippen LogP contribution in [0.15, 0.2) is 98.1 Å². The molecule has 5 aromatic rings. The van der Waals surface area contributed by atoms with Gasteiger partial charge in [-0.15, -0.1) is 35.2 Å². The number of benzene rings is 2. The zero-order valence-corrected chi connectivity index (χ0v) is 27.1. The monoisotopic (exact) mass is 658 g/mol. The molecule has 0 fully saturated rings. The third-order valence-corrected chi connectivity index (χ3v) is 8.28. The number of ether oxygens (including phenoxy) is 2. The fourth-order valence-electron chi connectivity index (χ4n) is 6.02. The third-order valence-electron chi connectivity index (χ3n) is 8.28. The molecule has 0 spiro atoms. The number of fused-ring (bicyclic) bond motifs is 8. The van der Waals surface area contributed by atoms with Gasteiger partial charge in [-0.1, -0.05) is 60.7 Å². The molecule has 0 unspecified atom stereocenters. The van der Waals surface area contributed by atoms with Crippen molar-refractivity contribution in [2.24, 2.45) is 0 Å². The first-order valence-electron chi connectivity index (χ1n) is 15.1. The van der Waals surface area contributed by atoms with Crippen LogP contribution in [-0.2, 0) is 29.3 Å². The minimum atomic E-state index is 0. The summed E-state index contributed by atoms with van der Waals surface area (Å²) >= 11 is 0. The zero-order valence-electron chi connectivity index (χ0n) is 26.1. The maximum absolute atomic E-state index is 5.44. The van der Waals surface area contributed by atoms with Gasteiger partial charge in [-0.05, 0) is 89.2 Å². The van der Waals surface area contributed by atoms with Crippen molar-refractivity contribution in [1.82, 2.24) is 19.9 Å². The fourth-order valence-corrected chi connectivity index (χ4v) is 6.02. The smallest absolute Gasteiger partial charge is 0.657 e. The summed E-state index contributed by atoms with van der Waals surface area (Å²) in [4.78, 5) is 20.7. The van der Waals surface area contributed by atoms with Gasteiger partial charge in [0.2, 0.25) is 0 Å². The number of rotatable bonds is 8. The van der Waals surface area contributed by atoms with E-state index in [1.165, 1.54) is 0 Å². The Hall–Kier alpha value is -5.39. The van der Waals surface area contributed by atoms with Crippen LogP contribution < -0.4 is 19.4 Å². The third kappa shape index (κ3) is 5.98. The van der Waals surface area contributed by atoms with Crippen LogP contribution in [0.2, 0.25) is 0 Å². The van der Waals surface area contributed by atoms with Crippen molar-refractivity contribution in [1.29, 1.82) is 0 Å². The normalized spacial score (nSPS) is 11.6. The molecule has 0 saturated carbocycles. The number of hydrogen-bond acceptors (Lipinski definition) is 4. The van der Waals surface area contributed by atoms with Gasteiger partial charge in [0.15, 0.2) is 0 Å². The molecular weight excluding hydrogens is 627 g/mol. The van der Waals surface area contributed by atoms with E-state index in [9.17, 15) is 0 Å². The van der Waals surface area contributed by atoms with Crippen molar-refractivity contribution in [2.75, 3.05) is 14.2 Å². The minimum Gasteiger partial charge on any atom is -0.657 e. The Morgan fingerprint density at radius 3 is 1.32 bits per heavy atom. The average Bonchev–Trinajstić information content (AvgIpc) is 3.92. The van der Waals surface area contributed by atoms with E-state index in [1.807, 2.05) is 60.7 Å². The van der Waals surface area contributed by atoms with Crippen molar-refractivity contribution >= 4 is 46.4 Å². The Labute approximate surface area is 284 Å². The van der Waals surface area contributed by atoms with Crippen LogP contribution in [0.1, 0.15) is 33.9 Å². The number of aromatic nitrogens is 4. The Balaban J connectivity index is 0.00000386. The van der Waals surface area contributed by atoms with E-state index in [2.05, 4.69) is 61.7 Å². The largest absolute Gasteiger partial charge is 2.00 e. The molecule has 3 aromatic heterocycles. The molecule has 6 nitrogen and oxygen atoms in total. The summed E-state index contributed by atoms with van der Waals surface area (Å²) in [5.74, 6) is 1.57. The van der Waals surface area contributed by atoms with Crippen molar-refractivity contribution in [2.45, 2.75) is 12.8 Å². The maximum Gasteiger partial charge on any atom is 2.00 e. The number of allylic oxidation sites excluding steroid dienone is 2. The molecule has 0 N–H and O–H groups in total. The Kier molecular flexibility index (Phi) is 9.10. The van der Waals surface area contributed by atoms with Crippen molar-refractivity contribution in [3.8, 4) is 33.8 Å². The van der Waals surface area contributed by atoms with E-state index >= 15 is 0 Å². The van der Waals surface area contributed by atoms with Crippen LogP contribution in [0.25, 0.3) is 68.6 Å². The van der Waals surface area contributed by atoms with E-state index in [-0.39, 0.29) is 16.5 Å². The second kappa shape index (κ2) is 13.5. The molecule has 2 aliphatic rings. The van der Waals surface area contributed by atoms with Crippen LogP contribution in [0.3, 0.4) is 0 Å². The number of hydrogen-bond donors (Lipinski definition) is 0. The fraction of sp³-hybridized carbons (Fsp3) is 0.100. The van der Waals surface area contributed by atoms with Crippen LogP contribution in [0.4, 0.5) is 0 Å². The van der Waals surface area contributed by atoms with E-state index in [4.69, 9.17) is 29.4 Å². The van der Waals surface area contributed by atoms with Gasteiger partial charge in [-0.3, -0.25) is 0 Å². The predicted octanol–water partition coefficient (Wildman–Crippen LogP) is 8.72. The first kappa shape index (κ1) is 31.6. The van der Waals surface area contributed by atoms with Gasteiger partial charge in [-0.25, -0.2) is 9.97 Å². The molecule has 5 heterocycles. The first-order chi connectivity index (χ1) is 22.6. The zero-order chi connectivity index (χ0) is 31.6. The van der Waals surface area contributed by atoms with E-state index in [0.29, 0.717) is 12.8 Å². The molecule has 0 atom stereocenters. The second-order valence-electron chi connectivity index (χ2n) is 11.0. The molecule has 0 aliphatic carbocycles. The summed E-state index contributed by atoms with van der Waals surface area (Å²) in [6, 6.07) is 24.3. The number of nitrogens with zero attached hydrogens (tertiary/aromatic N) is 4. The van der Waals surface area contributed by atoms with Gasteiger partial charge in [-0.2, -0.15) is 0 Å². The second-order valence-corrected chi connectivity index (χ2v) is 11.0. The average molecular weight is 659 g/mol. The molecule has 7 rings (SSSR count). The minimum absolute atomic E-state index is 0. The summed E-state index contributed by atoms with van der Waals surface area (Å²) < 4.78 is 10.9. The first-order valence-corrected chi connectivity index (χ1v) is 15.1. The Bertz CT molecular complexity index is 2100. The molecule has 234 valence electrons. The molecular formula is C40H32N4NiO2. The van der Waals surface area contributed by atoms with E-state index in [0.717, 1.165) is 89.7 Å².